The van der Waals surface area contributed by atoms with E-state index in [0.29, 0.717) is 0 Å². The smallest absolute Gasteiger partial charge is 0.0480 e. The molecule has 1 aromatic carbocycles. The van der Waals surface area contributed by atoms with Gasteiger partial charge in [0.1, 0.15) is 0 Å². The van der Waals surface area contributed by atoms with Crippen LogP contribution in [0.15, 0.2) is 36.5 Å². The van der Waals surface area contributed by atoms with Crippen LogP contribution in [0.1, 0.15) is 25.7 Å². The lowest BCUT2D eigenvalue weighted by Crippen LogP contribution is -2.30. The summed E-state index contributed by atoms with van der Waals surface area (Å²) in [4.78, 5) is 2.45. The summed E-state index contributed by atoms with van der Waals surface area (Å²) >= 11 is 0. The predicted octanol–water partition coefficient (Wildman–Crippen LogP) is 3.76. The maximum Gasteiger partial charge on any atom is 0.0480 e. The second kappa shape index (κ2) is 5.79. The van der Waals surface area contributed by atoms with Crippen molar-refractivity contribution >= 4 is 10.9 Å². The van der Waals surface area contributed by atoms with Crippen LogP contribution in [0.4, 0.5) is 0 Å². The van der Waals surface area contributed by atoms with Crippen LogP contribution in [0.25, 0.3) is 10.9 Å². The molecule has 0 aliphatic carbocycles. The van der Waals surface area contributed by atoms with Gasteiger partial charge in [-0.15, -0.1) is 0 Å². The van der Waals surface area contributed by atoms with Gasteiger partial charge in [-0.05, 0) is 69.3 Å². The Morgan fingerprint density at radius 1 is 1.11 bits per heavy atom. The number of aromatic nitrogens is 1. The van der Waals surface area contributed by atoms with Gasteiger partial charge in [-0.3, -0.25) is 0 Å². The fraction of sp³-hybridized carbons (Fsp3) is 0.529. The lowest BCUT2D eigenvalue weighted by Gasteiger charge is -2.28. The summed E-state index contributed by atoms with van der Waals surface area (Å²) < 4.78 is 2.41. The number of nitrogens with zero attached hydrogens (tertiary/aromatic N) is 2. The fourth-order valence-electron chi connectivity index (χ4n) is 3.24. The summed E-state index contributed by atoms with van der Waals surface area (Å²) in [5.41, 5.74) is 1.38. The van der Waals surface area contributed by atoms with Crippen molar-refractivity contribution in [3.8, 4) is 0 Å². The monoisotopic (exact) mass is 256 g/mol. The molecule has 0 spiro atoms. The summed E-state index contributed by atoms with van der Waals surface area (Å²) in [5.74, 6) is 0.957. The van der Waals surface area contributed by atoms with Gasteiger partial charge >= 0.3 is 0 Å². The minimum absolute atomic E-state index is 0.957. The molecule has 2 heteroatoms. The highest BCUT2D eigenvalue weighted by molar-refractivity contribution is 5.79. The van der Waals surface area contributed by atoms with Crippen LogP contribution in [-0.2, 0) is 6.54 Å². The highest BCUT2D eigenvalue weighted by Crippen LogP contribution is 2.22. The lowest BCUT2D eigenvalue weighted by molar-refractivity contribution is 0.209. The second-order valence-electron chi connectivity index (χ2n) is 5.96. The third-order valence-electron chi connectivity index (χ3n) is 4.53. The number of piperidine rings is 1. The van der Waals surface area contributed by atoms with Gasteiger partial charge in [0, 0.05) is 18.3 Å². The van der Waals surface area contributed by atoms with Crippen molar-refractivity contribution in [3.05, 3.63) is 36.5 Å². The quantitative estimate of drug-likeness (QED) is 0.808. The van der Waals surface area contributed by atoms with Gasteiger partial charge < -0.3 is 9.47 Å². The van der Waals surface area contributed by atoms with E-state index in [1.54, 1.807) is 0 Å². The molecule has 1 aromatic heterocycles. The maximum absolute atomic E-state index is 2.45. The van der Waals surface area contributed by atoms with E-state index in [2.05, 4.69) is 53.0 Å². The van der Waals surface area contributed by atoms with Gasteiger partial charge in [0.15, 0.2) is 0 Å². The van der Waals surface area contributed by atoms with E-state index in [9.17, 15) is 0 Å². The van der Waals surface area contributed by atoms with Crippen LogP contribution in [0.3, 0.4) is 0 Å². The number of fused-ring (bicyclic) bond motifs is 1. The van der Waals surface area contributed by atoms with E-state index in [1.807, 2.05) is 0 Å². The molecular weight excluding hydrogens is 232 g/mol. The first kappa shape index (κ1) is 12.7. The number of aryl methyl sites for hydroxylation is 1. The predicted molar refractivity (Wildman–Crippen MR) is 81.4 cm³/mol. The summed E-state index contributed by atoms with van der Waals surface area (Å²) in [6, 6.07) is 10.9. The van der Waals surface area contributed by atoms with Crippen molar-refractivity contribution in [1.82, 2.24) is 9.47 Å². The molecule has 2 heterocycles. The van der Waals surface area contributed by atoms with Gasteiger partial charge in [0.05, 0.1) is 0 Å². The average Bonchev–Trinajstić information content (AvgIpc) is 2.85. The highest BCUT2D eigenvalue weighted by atomic mass is 15.1. The van der Waals surface area contributed by atoms with Crippen LogP contribution >= 0.6 is 0 Å². The summed E-state index contributed by atoms with van der Waals surface area (Å²) in [6.07, 6.45) is 7.72. The fourth-order valence-corrected chi connectivity index (χ4v) is 3.24. The van der Waals surface area contributed by atoms with E-state index >= 15 is 0 Å². The molecule has 2 nitrogen and oxygen atoms in total. The van der Waals surface area contributed by atoms with Crippen LogP contribution in [0, 0.1) is 5.92 Å². The standard InChI is InChI=1S/C17H24N2/c1-18-12-8-15(9-13-18)5-4-11-19-14-10-16-6-2-3-7-17(16)19/h2-3,6-7,10,14-15H,4-5,8-9,11-13H2,1H3. The largest absolute Gasteiger partial charge is 0.347 e. The minimum atomic E-state index is 0.957. The second-order valence-corrected chi connectivity index (χ2v) is 5.96. The Labute approximate surface area is 116 Å². The molecule has 1 fully saturated rings. The Hall–Kier alpha value is -1.28. The first-order chi connectivity index (χ1) is 9.33. The number of rotatable bonds is 4. The molecule has 19 heavy (non-hydrogen) atoms. The zero-order valence-corrected chi connectivity index (χ0v) is 11.9. The van der Waals surface area contributed by atoms with E-state index in [1.165, 1.54) is 56.2 Å². The molecule has 0 atom stereocenters. The van der Waals surface area contributed by atoms with Crippen LogP contribution in [0.5, 0.6) is 0 Å². The Bertz CT molecular complexity index is 521. The highest BCUT2D eigenvalue weighted by Gasteiger charge is 2.15. The maximum atomic E-state index is 2.45. The zero-order chi connectivity index (χ0) is 13.1. The Morgan fingerprint density at radius 3 is 2.74 bits per heavy atom. The molecule has 2 aromatic rings. The molecule has 0 N–H and O–H groups in total. The van der Waals surface area contributed by atoms with Crippen LogP contribution in [0.2, 0.25) is 0 Å². The SMILES string of the molecule is CN1CCC(CCCn2ccc3ccccc32)CC1. The molecule has 1 aliphatic heterocycles. The molecule has 0 unspecified atom stereocenters. The normalized spacial score (nSPS) is 18.2. The van der Waals surface area contributed by atoms with E-state index in [0.717, 1.165) is 5.92 Å². The molecule has 0 saturated carbocycles. The van der Waals surface area contributed by atoms with Gasteiger partial charge in [-0.2, -0.15) is 0 Å². The van der Waals surface area contributed by atoms with Crippen LogP contribution in [-0.4, -0.2) is 29.6 Å². The van der Waals surface area contributed by atoms with Crippen molar-refractivity contribution in [2.45, 2.75) is 32.2 Å². The topological polar surface area (TPSA) is 8.17 Å². The van der Waals surface area contributed by atoms with Gasteiger partial charge in [-0.1, -0.05) is 18.2 Å². The van der Waals surface area contributed by atoms with E-state index in [-0.39, 0.29) is 0 Å². The molecule has 102 valence electrons. The number of hydrogen-bond acceptors (Lipinski definition) is 1. The van der Waals surface area contributed by atoms with Gasteiger partial charge in [0.25, 0.3) is 0 Å². The lowest BCUT2D eigenvalue weighted by atomic mass is 9.92. The molecule has 0 bridgehead atoms. The van der Waals surface area contributed by atoms with Gasteiger partial charge in [-0.25, -0.2) is 0 Å². The summed E-state index contributed by atoms with van der Waals surface area (Å²) in [6.45, 7) is 3.74. The van der Waals surface area contributed by atoms with Gasteiger partial charge in [0.2, 0.25) is 0 Å². The van der Waals surface area contributed by atoms with Crippen molar-refractivity contribution < 1.29 is 0 Å². The van der Waals surface area contributed by atoms with Crippen molar-refractivity contribution in [2.75, 3.05) is 20.1 Å². The molecule has 0 amide bonds. The minimum Gasteiger partial charge on any atom is -0.347 e. The molecule has 1 saturated heterocycles. The number of hydrogen-bond donors (Lipinski definition) is 0. The molecular formula is C17H24N2. The summed E-state index contributed by atoms with van der Waals surface area (Å²) in [5, 5.41) is 1.36. The van der Waals surface area contributed by atoms with Crippen molar-refractivity contribution in [2.24, 2.45) is 5.92 Å². The van der Waals surface area contributed by atoms with Crippen molar-refractivity contribution in [3.63, 3.8) is 0 Å². The van der Waals surface area contributed by atoms with E-state index < -0.39 is 0 Å². The molecule has 0 radical (unpaired) electrons. The molecule has 1 aliphatic rings. The average molecular weight is 256 g/mol. The summed E-state index contributed by atoms with van der Waals surface area (Å²) in [7, 11) is 2.24. The third-order valence-corrected chi connectivity index (χ3v) is 4.53. The Balaban J connectivity index is 1.52. The number of benzene rings is 1. The zero-order valence-electron chi connectivity index (χ0n) is 11.9. The molecule has 3 rings (SSSR count). The first-order valence-corrected chi connectivity index (χ1v) is 7.55. The Morgan fingerprint density at radius 2 is 1.89 bits per heavy atom. The number of likely N-dealkylation sites (tertiary alicyclic amines) is 1. The Kier molecular flexibility index (Phi) is 3.88. The van der Waals surface area contributed by atoms with E-state index in [4.69, 9.17) is 0 Å². The number of para-hydroxylation sites is 1. The van der Waals surface area contributed by atoms with Crippen LogP contribution < -0.4 is 0 Å². The van der Waals surface area contributed by atoms with Crippen molar-refractivity contribution in [1.29, 1.82) is 0 Å². The first-order valence-electron chi connectivity index (χ1n) is 7.55. The third kappa shape index (κ3) is 3.01.